The predicted octanol–water partition coefficient (Wildman–Crippen LogP) is 3.37. The molecule has 1 aliphatic rings. The largest absolute Gasteiger partial charge is 0.395 e. The van der Waals surface area contributed by atoms with Gasteiger partial charge in [0.05, 0.1) is 6.61 Å². The molecule has 1 N–H and O–H groups in total. The molecule has 0 saturated heterocycles. The lowest BCUT2D eigenvalue weighted by Gasteiger charge is -2.25. The molecule has 0 unspecified atom stereocenters. The first-order chi connectivity index (χ1) is 10.3. The monoisotopic (exact) mass is 289 g/mol. The Labute approximate surface area is 128 Å². The van der Waals surface area contributed by atoms with Gasteiger partial charge in [0.1, 0.15) is 0 Å². The maximum atomic E-state index is 12.4. The van der Waals surface area contributed by atoms with Crippen molar-refractivity contribution in [2.24, 2.45) is 5.92 Å². The van der Waals surface area contributed by atoms with Crippen molar-refractivity contribution in [2.45, 2.75) is 51.5 Å². The fourth-order valence-corrected chi connectivity index (χ4v) is 3.18. The number of aliphatic hydroxyl groups excluding tert-OH is 1. The Bertz CT molecular complexity index is 412. The smallest absolute Gasteiger partial charge is 0.222 e. The van der Waals surface area contributed by atoms with Crippen LogP contribution in [0.3, 0.4) is 0 Å². The summed E-state index contributed by atoms with van der Waals surface area (Å²) in [5, 5.41) is 9.19. The summed E-state index contributed by atoms with van der Waals surface area (Å²) in [6.45, 7) is 1.06. The van der Waals surface area contributed by atoms with Crippen molar-refractivity contribution < 1.29 is 9.90 Å². The quantitative estimate of drug-likeness (QED) is 0.836. The van der Waals surface area contributed by atoms with Crippen LogP contribution in [0.2, 0.25) is 0 Å². The highest BCUT2D eigenvalue weighted by Crippen LogP contribution is 2.27. The minimum Gasteiger partial charge on any atom is -0.395 e. The molecule has 0 aliphatic heterocycles. The van der Waals surface area contributed by atoms with Gasteiger partial charge in [0.2, 0.25) is 5.91 Å². The molecule has 1 saturated carbocycles. The molecule has 3 heteroatoms. The molecule has 1 aromatic carbocycles. The maximum Gasteiger partial charge on any atom is 0.222 e. The van der Waals surface area contributed by atoms with E-state index in [4.69, 9.17) is 0 Å². The summed E-state index contributed by atoms with van der Waals surface area (Å²) >= 11 is 0. The van der Waals surface area contributed by atoms with Gasteiger partial charge >= 0.3 is 0 Å². The average molecular weight is 289 g/mol. The van der Waals surface area contributed by atoms with E-state index in [1.54, 1.807) is 4.90 Å². The summed E-state index contributed by atoms with van der Waals surface area (Å²) in [4.78, 5) is 14.2. The van der Waals surface area contributed by atoms with Gasteiger partial charge in [-0.15, -0.1) is 0 Å². The lowest BCUT2D eigenvalue weighted by Crippen LogP contribution is -2.33. The summed E-state index contributed by atoms with van der Waals surface area (Å²) < 4.78 is 0. The van der Waals surface area contributed by atoms with E-state index in [0.29, 0.717) is 19.5 Å². The van der Waals surface area contributed by atoms with Crippen LogP contribution in [0.1, 0.15) is 50.5 Å². The number of nitrogens with zero attached hydrogens (tertiary/aromatic N) is 1. The van der Waals surface area contributed by atoms with Gasteiger partial charge in [-0.2, -0.15) is 0 Å². The van der Waals surface area contributed by atoms with Gasteiger partial charge in [-0.05, 0) is 17.9 Å². The summed E-state index contributed by atoms with van der Waals surface area (Å²) in [6.07, 6.45) is 8.20. The second-order valence-electron chi connectivity index (χ2n) is 6.07. The highest BCUT2D eigenvalue weighted by Gasteiger charge is 2.18. The Morgan fingerprint density at radius 3 is 2.52 bits per heavy atom. The van der Waals surface area contributed by atoms with E-state index in [-0.39, 0.29) is 12.5 Å². The summed E-state index contributed by atoms with van der Waals surface area (Å²) in [7, 11) is 0. The second-order valence-corrected chi connectivity index (χ2v) is 6.07. The molecule has 0 aromatic heterocycles. The molecule has 21 heavy (non-hydrogen) atoms. The lowest BCUT2D eigenvalue weighted by atomic mass is 9.86. The Kier molecular flexibility index (Phi) is 6.74. The van der Waals surface area contributed by atoms with Crippen LogP contribution in [0.4, 0.5) is 0 Å². The van der Waals surface area contributed by atoms with E-state index in [1.807, 2.05) is 30.3 Å². The molecule has 0 heterocycles. The molecule has 116 valence electrons. The van der Waals surface area contributed by atoms with Crippen LogP contribution in [0, 0.1) is 5.92 Å². The molecule has 1 aliphatic carbocycles. The number of rotatable bonds is 7. The normalized spacial score (nSPS) is 15.9. The SMILES string of the molecule is O=C(CCC1CCCCC1)N(CCO)Cc1ccccc1. The molecule has 3 nitrogen and oxygen atoms in total. The highest BCUT2D eigenvalue weighted by molar-refractivity contribution is 5.76. The second kappa shape index (κ2) is 8.83. The zero-order valence-electron chi connectivity index (χ0n) is 12.8. The van der Waals surface area contributed by atoms with Crippen LogP contribution in [0.15, 0.2) is 30.3 Å². The number of benzene rings is 1. The van der Waals surface area contributed by atoms with Gasteiger partial charge in [0.15, 0.2) is 0 Å². The first-order valence-electron chi connectivity index (χ1n) is 8.22. The third-order valence-electron chi connectivity index (χ3n) is 4.43. The van der Waals surface area contributed by atoms with Crippen LogP contribution >= 0.6 is 0 Å². The number of hydrogen-bond donors (Lipinski definition) is 1. The molecule has 0 spiro atoms. The maximum absolute atomic E-state index is 12.4. The van der Waals surface area contributed by atoms with E-state index in [1.165, 1.54) is 32.1 Å². The minimum absolute atomic E-state index is 0.0298. The zero-order chi connectivity index (χ0) is 14.9. The van der Waals surface area contributed by atoms with Gasteiger partial charge in [0, 0.05) is 19.5 Å². The molecule has 0 radical (unpaired) electrons. The Morgan fingerprint density at radius 2 is 1.86 bits per heavy atom. The van der Waals surface area contributed by atoms with Gasteiger partial charge in [-0.25, -0.2) is 0 Å². The number of aliphatic hydroxyl groups is 1. The van der Waals surface area contributed by atoms with Crippen molar-refractivity contribution in [3.8, 4) is 0 Å². The fourth-order valence-electron chi connectivity index (χ4n) is 3.18. The van der Waals surface area contributed by atoms with Crippen molar-refractivity contribution in [3.63, 3.8) is 0 Å². The van der Waals surface area contributed by atoms with Crippen LogP contribution in [-0.4, -0.2) is 29.1 Å². The zero-order valence-corrected chi connectivity index (χ0v) is 12.8. The van der Waals surface area contributed by atoms with Gasteiger partial charge < -0.3 is 10.0 Å². The topological polar surface area (TPSA) is 40.5 Å². The van der Waals surface area contributed by atoms with Gasteiger partial charge in [0.25, 0.3) is 0 Å². The molecule has 1 amide bonds. The van der Waals surface area contributed by atoms with Crippen LogP contribution in [-0.2, 0) is 11.3 Å². The van der Waals surface area contributed by atoms with Crippen LogP contribution in [0.25, 0.3) is 0 Å². The fraction of sp³-hybridized carbons (Fsp3) is 0.611. The van der Waals surface area contributed by atoms with E-state index in [0.717, 1.165) is 17.9 Å². The van der Waals surface area contributed by atoms with Crippen molar-refractivity contribution in [2.75, 3.05) is 13.2 Å². The third kappa shape index (κ3) is 5.50. The summed E-state index contributed by atoms with van der Waals surface area (Å²) in [5.41, 5.74) is 1.12. The summed E-state index contributed by atoms with van der Waals surface area (Å²) in [5.74, 6) is 0.911. The Morgan fingerprint density at radius 1 is 1.14 bits per heavy atom. The van der Waals surface area contributed by atoms with Crippen molar-refractivity contribution in [3.05, 3.63) is 35.9 Å². The summed E-state index contributed by atoms with van der Waals surface area (Å²) in [6, 6.07) is 10.0. The van der Waals surface area contributed by atoms with E-state index >= 15 is 0 Å². The Balaban J connectivity index is 1.83. The van der Waals surface area contributed by atoms with Crippen molar-refractivity contribution >= 4 is 5.91 Å². The molecule has 1 aromatic rings. The molecule has 1 fully saturated rings. The van der Waals surface area contributed by atoms with Crippen LogP contribution < -0.4 is 0 Å². The van der Waals surface area contributed by atoms with E-state index < -0.39 is 0 Å². The van der Waals surface area contributed by atoms with Gasteiger partial charge in [-0.3, -0.25) is 4.79 Å². The Hall–Kier alpha value is -1.35. The van der Waals surface area contributed by atoms with E-state index in [2.05, 4.69) is 0 Å². The highest BCUT2D eigenvalue weighted by atomic mass is 16.3. The van der Waals surface area contributed by atoms with Gasteiger partial charge in [-0.1, -0.05) is 62.4 Å². The third-order valence-corrected chi connectivity index (χ3v) is 4.43. The minimum atomic E-state index is 0.0298. The molecule has 0 bridgehead atoms. The number of carbonyl (C=O) groups is 1. The first-order valence-corrected chi connectivity index (χ1v) is 8.22. The molecule has 0 atom stereocenters. The van der Waals surface area contributed by atoms with Crippen molar-refractivity contribution in [1.82, 2.24) is 4.90 Å². The first kappa shape index (κ1) is 16.0. The number of hydrogen-bond acceptors (Lipinski definition) is 2. The number of carbonyl (C=O) groups excluding carboxylic acids is 1. The lowest BCUT2D eigenvalue weighted by molar-refractivity contribution is -0.132. The van der Waals surface area contributed by atoms with Crippen LogP contribution in [0.5, 0.6) is 0 Å². The molecular weight excluding hydrogens is 262 g/mol. The number of amides is 1. The van der Waals surface area contributed by atoms with Crippen molar-refractivity contribution in [1.29, 1.82) is 0 Å². The standard InChI is InChI=1S/C18H27NO2/c20-14-13-19(15-17-9-5-2-6-10-17)18(21)12-11-16-7-3-1-4-8-16/h2,5-6,9-10,16,20H,1,3-4,7-8,11-15H2. The molecular formula is C18H27NO2. The van der Waals surface area contributed by atoms with E-state index in [9.17, 15) is 9.90 Å². The molecule has 2 rings (SSSR count). The average Bonchev–Trinajstić information content (AvgIpc) is 2.54. The predicted molar refractivity (Wildman–Crippen MR) is 84.8 cm³/mol.